The molecule has 154 valence electrons. The number of aromatic nitrogens is 1. The van der Waals surface area contributed by atoms with E-state index in [0.29, 0.717) is 5.41 Å². The highest BCUT2D eigenvalue weighted by Gasteiger charge is 2.51. The molecule has 0 N–H and O–H groups in total. The minimum atomic E-state index is 0.442. The lowest BCUT2D eigenvalue weighted by atomic mass is 9.48. The summed E-state index contributed by atoms with van der Waals surface area (Å²) in [5.41, 5.74) is 6.62. The molecule has 0 atom stereocenters. The van der Waals surface area contributed by atoms with Gasteiger partial charge in [-0.05, 0) is 91.5 Å². The van der Waals surface area contributed by atoms with Crippen molar-refractivity contribution in [1.82, 2.24) is 4.57 Å². The molecule has 9 rings (SSSR count). The van der Waals surface area contributed by atoms with Crippen LogP contribution in [0.1, 0.15) is 44.1 Å². The SMILES string of the molecule is Cn1c2ccc(C34CC5CC(CC(C5)C3)C4)cc2c2cc3c(cc21)oc1ccccc13. The zero-order valence-electron chi connectivity index (χ0n) is 18.0. The van der Waals surface area contributed by atoms with Crippen LogP contribution >= 0.6 is 0 Å². The van der Waals surface area contributed by atoms with Gasteiger partial charge < -0.3 is 8.98 Å². The first-order valence-electron chi connectivity index (χ1n) is 12.0. The van der Waals surface area contributed by atoms with Gasteiger partial charge in [0, 0.05) is 40.2 Å². The van der Waals surface area contributed by atoms with Gasteiger partial charge in [0.1, 0.15) is 11.2 Å². The summed E-state index contributed by atoms with van der Waals surface area (Å²) in [5.74, 6) is 2.93. The predicted octanol–water partition coefficient (Wildman–Crippen LogP) is 7.70. The summed E-state index contributed by atoms with van der Waals surface area (Å²) in [6.07, 6.45) is 8.77. The van der Waals surface area contributed by atoms with Gasteiger partial charge in [-0.3, -0.25) is 0 Å². The van der Waals surface area contributed by atoms with Gasteiger partial charge in [-0.2, -0.15) is 0 Å². The second kappa shape index (κ2) is 5.54. The number of benzene rings is 3. The topological polar surface area (TPSA) is 18.1 Å². The Bertz CT molecular complexity index is 1500. The number of hydrogen-bond donors (Lipinski definition) is 0. The molecule has 4 aliphatic rings. The average molecular weight is 406 g/mol. The van der Waals surface area contributed by atoms with E-state index in [2.05, 4.69) is 66.2 Å². The molecule has 2 aromatic heterocycles. The zero-order chi connectivity index (χ0) is 20.3. The number of hydrogen-bond acceptors (Lipinski definition) is 1. The molecule has 2 heteroatoms. The Kier molecular flexibility index (Phi) is 3.02. The van der Waals surface area contributed by atoms with Gasteiger partial charge in [-0.1, -0.05) is 24.3 Å². The molecule has 4 saturated carbocycles. The van der Waals surface area contributed by atoms with Crippen molar-refractivity contribution in [2.24, 2.45) is 24.8 Å². The van der Waals surface area contributed by atoms with E-state index in [0.717, 1.165) is 28.9 Å². The molecule has 0 aliphatic heterocycles. The van der Waals surface area contributed by atoms with Crippen LogP contribution in [0.4, 0.5) is 0 Å². The van der Waals surface area contributed by atoms with Gasteiger partial charge in [0.25, 0.3) is 0 Å². The van der Waals surface area contributed by atoms with Crippen LogP contribution in [-0.4, -0.2) is 4.57 Å². The van der Waals surface area contributed by atoms with Crippen LogP contribution < -0.4 is 0 Å². The number of furan rings is 1. The molecule has 2 nitrogen and oxygen atoms in total. The highest BCUT2D eigenvalue weighted by Crippen LogP contribution is 2.61. The van der Waals surface area contributed by atoms with Gasteiger partial charge in [-0.15, -0.1) is 0 Å². The lowest BCUT2D eigenvalue weighted by Gasteiger charge is -2.57. The van der Waals surface area contributed by atoms with E-state index in [4.69, 9.17) is 4.42 Å². The first kappa shape index (κ1) is 16.9. The van der Waals surface area contributed by atoms with E-state index in [-0.39, 0.29) is 0 Å². The van der Waals surface area contributed by atoms with Crippen LogP contribution in [-0.2, 0) is 12.5 Å². The molecule has 0 saturated heterocycles. The summed E-state index contributed by atoms with van der Waals surface area (Å²) in [6.45, 7) is 0. The van der Waals surface area contributed by atoms with Gasteiger partial charge in [0.05, 0.1) is 5.52 Å². The Balaban J connectivity index is 1.39. The first-order valence-corrected chi connectivity index (χ1v) is 12.0. The molecule has 4 bridgehead atoms. The monoisotopic (exact) mass is 405 g/mol. The second-order valence-corrected chi connectivity index (χ2v) is 11.0. The smallest absolute Gasteiger partial charge is 0.137 e. The summed E-state index contributed by atoms with van der Waals surface area (Å²) < 4.78 is 8.53. The molecular weight excluding hydrogens is 378 g/mol. The maximum absolute atomic E-state index is 6.19. The van der Waals surface area contributed by atoms with Crippen molar-refractivity contribution < 1.29 is 4.42 Å². The summed E-state index contributed by atoms with van der Waals surface area (Å²) in [5, 5.41) is 5.23. The number of rotatable bonds is 1. The van der Waals surface area contributed by atoms with Crippen LogP contribution in [0.3, 0.4) is 0 Å². The van der Waals surface area contributed by atoms with E-state index >= 15 is 0 Å². The van der Waals surface area contributed by atoms with Gasteiger partial charge >= 0.3 is 0 Å². The van der Waals surface area contributed by atoms with Crippen molar-refractivity contribution in [3.8, 4) is 0 Å². The van der Waals surface area contributed by atoms with Crippen LogP contribution in [0.5, 0.6) is 0 Å². The third kappa shape index (κ3) is 2.14. The fourth-order valence-electron chi connectivity index (χ4n) is 8.22. The van der Waals surface area contributed by atoms with Gasteiger partial charge in [-0.25, -0.2) is 0 Å². The van der Waals surface area contributed by atoms with E-state index in [1.165, 1.54) is 71.1 Å². The number of para-hydroxylation sites is 1. The molecule has 0 spiro atoms. The van der Waals surface area contributed by atoms with Crippen LogP contribution in [0.2, 0.25) is 0 Å². The molecular formula is C29H27NO. The Hall–Kier alpha value is -2.74. The maximum Gasteiger partial charge on any atom is 0.137 e. The standard InChI is InChI=1S/C29H27NO/c1-30-25-7-6-20(29-14-17-8-18(15-29)10-19(9-17)16-29)11-22(25)23-12-24-21-4-2-3-5-27(21)31-28(24)13-26(23)30/h2-7,11-13,17-19H,8-10,14-16H2,1H3. The van der Waals surface area contributed by atoms with Crippen molar-refractivity contribution in [2.45, 2.75) is 43.9 Å². The summed E-state index contributed by atoms with van der Waals surface area (Å²) >= 11 is 0. The Labute approximate surface area is 181 Å². The molecule has 2 heterocycles. The minimum absolute atomic E-state index is 0.442. The predicted molar refractivity (Wildman–Crippen MR) is 128 cm³/mol. The number of fused-ring (bicyclic) bond motifs is 6. The summed E-state index contributed by atoms with van der Waals surface area (Å²) in [7, 11) is 2.20. The van der Waals surface area contributed by atoms with Crippen molar-refractivity contribution in [3.05, 3.63) is 60.2 Å². The highest BCUT2D eigenvalue weighted by molar-refractivity contribution is 6.16. The van der Waals surface area contributed by atoms with Crippen molar-refractivity contribution in [3.63, 3.8) is 0 Å². The third-order valence-corrected chi connectivity index (χ3v) is 9.16. The van der Waals surface area contributed by atoms with Crippen LogP contribution in [0.15, 0.2) is 59.0 Å². The molecule has 5 aromatic rings. The van der Waals surface area contributed by atoms with E-state index in [1.807, 2.05) is 0 Å². The minimum Gasteiger partial charge on any atom is -0.456 e. The molecule has 0 radical (unpaired) electrons. The zero-order valence-corrected chi connectivity index (χ0v) is 18.0. The summed E-state index contributed by atoms with van der Waals surface area (Å²) in [4.78, 5) is 0. The molecule has 4 aliphatic carbocycles. The van der Waals surface area contributed by atoms with E-state index in [9.17, 15) is 0 Å². The highest BCUT2D eigenvalue weighted by atomic mass is 16.3. The normalized spacial score (nSPS) is 29.8. The fraction of sp³-hybridized carbons (Fsp3) is 0.379. The van der Waals surface area contributed by atoms with Crippen molar-refractivity contribution in [1.29, 1.82) is 0 Å². The molecule has 0 amide bonds. The maximum atomic E-state index is 6.19. The fourth-order valence-corrected chi connectivity index (χ4v) is 8.22. The van der Waals surface area contributed by atoms with Crippen LogP contribution in [0, 0.1) is 17.8 Å². The molecule has 3 aromatic carbocycles. The first-order chi connectivity index (χ1) is 15.2. The second-order valence-electron chi connectivity index (χ2n) is 11.0. The Morgan fingerprint density at radius 3 is 2.19 bits per heavy atom. The van der Waals surface area contributed by atoms with E-state index < -0.39 is 0 Å². The largest absolute Gasteiger partial charge is 0.456 e. The van der Waals surface area contributed by atoms with Gasteiger partial charge in [0.2, 0.25) is 0 Å². The van der Waals surface area contributed by atoms with Crippen molar-refractivity contribution in [2.75, 3.05) is 0 Å². The molecule has 4 fully saturated rings. The van der Waals surface area contributed by atoms with E-state index in [1.54, 1.807) is 5.56 Å². The molecule has 0 unspecified atom stereocenters. The van der Waals surface area contributed by atoms with Crippen molar-refractivity contribution >= 4 is 43.7 Å². The van der Waals surface area contributed by atoms with Crippen LogP contribution in [0.25, 0.3) is 43.7 Å². The Morgan fingerprint density at radius 1 is 0.710 bits per heavy atom. The third-order valence-electron chi connectivity index (χ3n) is 9.16. The lowest BCUT2D eigenvalue weighted by Crippen LogP contribution is -2.48. The number of aryl methyl sites for hydroxylation is 1. The average Bonchev–Trinajstić information content (AvgIpc) is 3.26. The quantitative estimate of drug-likeness (QED) is 0.279. The summed E-state index contributed by atoms with van der Waals surface area (Å²) in [6, 6.07) is 20.5. The lowest BCUT2D eigenvalue weighted by molar-refractivity contribution is -0.00512. The molecule has 31 heavy (non-hydrogen) atoms. The number of nitrogens with zero attached hydrogens (tertiary/aromatic N) is 1. The Morgan fingerprint density at radius 2 is 1.42 bits per heavy atom. The van der Waals surface area contributed by atoms with Gasteiger partial charge in [0.15, 0.2) is 0 Å².